The molecule has 1 aromatic heterocycles. The van der Waals surface area contributed by atoms with E-state index >= 15 is 0 Å². The molecule has 21 heavy (non-hydrogen) atoms. The van der Waals surface area contributed by atoms with Gasteiger partial charge in [0.05, 0.1) is 0 Å². The van der Waals surface area contributed by atoms with Crippen LogP contribution in [0.5, 0.6) is 0 Å². The Kier molecular flexibility index (Phi) is 3.08. The standard InChI is InChI=1S/C17H15ClN2O/c18-14-4-2-1-3-12(14)10-19-13-7-8-16-15(9-13)20-17(21-16)11-5-6-11/h1-4,7-9,11,19H,5-6,10H2. The van der Waals surface area contributed by atoms with Crippen molar-refractivity contribution >= 4 is 28.4 Å². The number of benzene rings is 2. The molecule has 1 aliphatic rings. The number of hydrogen-bond acceptors (Lipinski definition) is 3. The van der Waals surface area contributed by atoms with Crippen molar-refractivity contribution in [2.24, 2.45) is 0 Å². The maximum absolute atomic E-state index is 6.16. The molecule has 106 valence electrons. The lowest BCUT2D eigenvalue weighted by atomic mass is 10.2. The van der Waals surface area contributed by atoms with Gasteiger partial charge in [0.25, 0.3) is 0 Å². The molecule has 4 heteroatoms. The molecule has 0 unspecified atom stereocenters. The highest BCUT2D eigenvalue weighted by Gasteiger charge is 2.28. The molecule has 0 aliphatic heterocycles. The van der Waals surface area contributed by atoms with E-state index in [4.69, 9.17) is 16.0 Å². The zero-order valence-electron chi connectivity index (χ0n) is 11.5. The summed E-state index contributed by atoms with van der Waals surface area (Å²) in [6.45, 7) is 0.693. The van der Waals surface area contributed by atoms with Gasteiger partial charge in [-0.05, 0) is 42.7 Å². The van der Waals surface area contributed by atoms with Gasteiger partial charge in [0, 0.05) is 23.2 Å². The maximum Gasteiger partial charge on any atom is 0.198 e. The third-order valence-electron chi connectivity index (χ3n) is 3.77. The molecule has 3 aromatic rings. The molecule has 1 heterocycles. The Morgan fingerprint density at radius 3 is 2.86 bits per heavy atom. The van der Waals surface area contributed by atoms with Gasteiger partial charge in [0.15, 0.2) is 11.5 Å². The fourth-order valence-corrected chi connectivity index (χ4v) is 2.60. The van der Waals surface area contributed by atoms with Gasteiger partial charge in [-0.15, -0.1) is 0 Å². The second-order valence-corrected chi connectivity index (χ2v) is 5.86. The fourth-order valence-electron chi connectivity index (χ4n) is 2.40. The number of fused-ring (bicyclic) bond motifs is 1. The van der Waals surface area contributed by atoms with Crippen LogP contribution in [0.4, 0.5) is 5.69 Å². The minimum absolute atomic E-state index is 0.539. The minimum atomic E-state index is 0.539. The molecule has 3 nitrogen and oxygen atoms in total. The van der Waals surface area contributed by atoms with Crippen molar-refractivity contribution < 1.29 is 4.42 Å². The number of oxazole rings is 1. The lowest BCUT2D eigenvalue weighted by Crippen LogP contribution is -1.99. The minimum Gasteiger partial charge on any atom is -0.440 e. The van der Waals surface area contributed by atoms with Gasteiger partial charge in [0.1, 0.15) is 5.52 Å². The molecule has 1 saturated carbocycles. The Labute approximate surface area is 127 Å². The van der Waals surface area contributed by atoms with Gasteiger partial charge in [-0.2, -0.15) is 0 Å². The van der Waals surface area contributed by atoms with Crippen molar-refractivity contribution in [3.63, 3.8) is 0 Å². The van der Waals surface area contributed by atoms with E-state index in [0.717, 1.165) is 33.3 Å². The predicted octanol–water partition coefficient (Wildman–Crippen LogP) is 4.97. The predicted molar refractivity (Wildman–Crippen MR) is 84.8 cm³/mol. The number of hydrogen-bond donors (Lipinski definition) is 1. The smallest absolute Gasteiger partial charge is 0.198 e. The summed E-state index contributed by atoms with van der Waals surface area (Å²) in [5, 5.41) is 4.16. The highest BCUT2D eigenvalue weighted by Crippen LogP contribution is 2.40. The molecular formula is C17H15ClN2O. The van der Waals surface area contributed by atoms with E-state index in [1.165, 1.54) is 12.8 Å². The summed E-state index contributed by atoms with van der Waals surface area (Å²) in [6, 6.07) is 13.9. The maximum atomic E-state index is 6.16. The average molecular weight is 299 g/mol. The number of nitrogens with zero attached hydrogens (tertiary/aromatic N) is 1. The number of rotatable bonds is 4. The molecule has 1 fully saturated rings. The van der Waals surface area contributed by atoms with Crippen molar-refractivity contribution in [3.8, 4) is 0 Å². The topological polar surface area (TPSA) is 38.1 Å². The Hall–Kier alpha value is -2.00. The number of anilines is 1. The molecule has 0 bridgehead atoms. The number of nitrogens with one attached hydrogen (secondary N) is 1. The molecule has 4 rings (SSSR count). The monoisotopic (exact) mass is 298 g/mol. The summed E-state index contributed by atoms with van der Waals surface area (Å²) in [5.41, 5.74) is 3.89. The normalized spacial score (nSPS) is 14.5. The highest BCUT2D eigenvalue weighted by atomic mass is 35.5. The summed E-state index contributed by atoms with van der Waals surface area (Å²) in [7, 11) is 0. The molecule has 0 saturated heterocycles. The van der Waals surface area contributed by atoms with Crippen LogP contribution in [-0.4, -0.2) is 4.98 Å². The molecule has 0 radical (unpaired) electrons. The van der Waals surface area contributed by atoms with Crippen LogP contribution in [0.1, 0.15) is 30.2 Å². The van der Waals surface area contributed by atoms with Crippen LogP contribution >= 0.6 is 11.6 Å². The van der Waals surface area contributed by atoms with Gasteiger partial charge in [-0.1, -0.05) is 29.8 Å². The van der Waals surface area contributed by atoms with Gasteiger partial charge in [-0.3, -0.25) is 0 Å². The first-order valence-corrected chi connectivity index (χ1v) is 7.55. The highest BCUT2D eigenvalue weighted by molar-refractivity contribution is 6.31. The van der Waals surface area contributed by atoms with Crippen molar-refractivity contribution in [1.29, 1.82) is 0 Å². The zero-order chi connectivity index (χ0) is 14.2. The Morgan fingerprint density at radius 1 is 1.19 bits per heavy atom. The van der Waals surface area contributed by atoms with E-state index in [9.17, 15) is 0 Å². The molecule has 0 spiro atoms. The van der Waals surface area contributed by atoms with E-state index in [1.54, 1.807) is 0 Å². The van der Waals surface area contributed by atoms with Crippen LogP contribution in [0.15, 0.2) is 46.9 Å². The van der Waals surface area contributed by atoms with Crippen LogP contribution in [-0.2, 0) is 6.54 Å². The van der Waals surface area contributed by atoms with Crippen molar-refractivity contribution in [2.75, 3.05) is 5.32 Å². The van der Waals surface area contributed by atoms with Crippen LogP contribution in [0.2, 0.25) is 5.02 Å². The van der Waals surface area contributed by atoms with Crippen LogP contribution < -0.4 is 5.32 Å². The quantitative estimate of drug-likeness (QED) is 0.739. The zero-order valence-corrected chi connectivity index (χ0v) is 12.2. The second kappa shape index (κ2) is 5.08. The summed E-state index contributed by atoms with van der Waals surface area (Å²) < 4.78 is 5.77. The first kappa shape index (κ1) is 12.7. The third-order valence-corrected chi connectivity index (χ3v) is 4.14. The third kappa shape index (κ3) is 2.61. The molecule has 1 aliphatic carbocycles. The molecular weight excluding hydrogens is 284 g/mol. The van der Waals surface area contributed by atoms with Crippen LogP contribution in [0.3, 0.4) is 0 Å². The van der Waals surface area contributed by atoms with Gasteiger partial charge in [0.2, 0.25) is 0 Å². The second-order valence-electron chi connectivity index (χ2n) is 5.45. The molecule has 2 aromatic carbocycles. The molecule has 0 amide bonds. The summed E-state index contributed by atoms with van der Waals surface area (Å²) in [4.78, 5) is 4.58. The Balaban J connectivity index is 1.54. The van der Waals surface area contributed by atoms with Crippen LogP contribution in [0, 0.1) is 0 Å². The van der Waals surface area contributed by atoms with Crippen molar-refractivity contribution in [3.05, 3.63) is 58.9 Å². The van der Waals surface area contributed by atoms with E-state index in [-0.39, 0.29) is 0 Å². The lowest BCUT2D eigenvalue weighted by molar-refractivity contribution is 0.533. The number of halogens is 1. The Bertz CT molecular complexity index is 792. The Morgan fingerprint density at radius 2 is 2.05 bits per heavy atom. The van der Waals surface area contributed by atoms with Crippen molar-refractivity contribution in [1.82, 2.24) is 4.98 Å². The average Bonchev–Trinajstić information content (AvgIpc) is 3.26. The first-order chi connectivity index (χ1) is 10.3. The summed E-state index contributed by atoms with van der Waals surface area (Å²) in [6.07, 6.45) is 2.40. The van der Waals surface area contributed by atoms with E-state index in [0.29, 0.717) is 12.5 Å². The van der Waals surface area contributed by atoms with Gasteiger partial charge >= 0.3 is 0 Å². The summed E-state index contributed by atoms with van der Waals surface area (Å²) >= 11 is 6.16. The largest absolute Gasteiger partial charge is 0.440 e. The van der Waals surface area contributed by atoms with E-state index < -0.39 is 0 Å². The SMILES string of the molecule is Clc1ccccc1CNc1ccc2oc(C3CC3)nc2c1. The number of aromatic nitrogens is 1. The van der Waals surface area contributed by atoms with Gasteiger partial charge in [-0.25, -0.2) is 4.98 Å². The van der Waals surface area contributed by atoms with E-state index in [1.807, 2.05) is 42.5 Å². The van der Waals surface area contributed by atoms with E-state index in [2.05, 4.69) is 10.3 Å². The van der Waals surface area contributed by atoms with Crippen molar-refractivity contribution in [2.45, 2.75) is 25.3 Å². The fraction of sp³-hybridized carbons (Fsp3) is 0.235. The molecule has 1 N–H and O–H groups in total. The van der Waals surface area contributed by atoms with Crippen LogP contribution in [0.25, 0.3) is 11.1 Å². The summed E-state index contributed by atoms with van der Waals surface area (Å²) in [5.74, 6) is 1.42. The van der Waals surface area contributed by atoms with Gasteiger partial charge < -0.3 is 9.73 Å². The molecule has 0 atom stereocenters. The first-order valence-electron chi connectivity index (χ1n) is 7.17. The lowest BCUT2D eigenvalue weighted by Gasteiger charge is -2.07.